The lowest BCUT2D eigenvalue weighted by atomic mass is 10.0. The van der Waals surface area contributed by atoms with Crippen LogP contribution >= 0.6 is 11.3 Å². The molecule has 2 unspecified atom stereocenters. The van der Waals surface area contributed by atoms with Crippen molar-refractivity contribution in [1.82, 2.24) is 5.32 Å². The number of aliphatic carboxylic acids is 2. The van der Waals surface area contributed by atoms with E-state index in [1.165, 1.54) is 32.0 Å². The topological polar surface area (TPSA) is 122 Å². The van der Waals surface area contributed by atoms with Crippen molar-refractivity contribution in [2.24, 2.45) is 0 Å². The lowest BCUT2D eigenvalue weighted by Gasteiger charge is -2.23. The van der Waals surface area contributed by atoms with Crippen LogP contribution in [0.2, 0.25) is 0 Å². The molecule has 1 amide bonds. The van der Waals surface area contributed by atoms with Gasteiger partial charge in [-0.25, -0.2) is 9.59 Å². The van der Waals surface area contributed by atoms with Crippen LogP contribution in [0.4, 0.5) is 0 Å². The molecule has 0 aliphatic heterocycles. The summed E-state index contributed by atoms with van der Waals surface area (Å²) < 4.78 is 12.0. The summed E-state index contributed by atoms with van der Waals surface area (Å²) in [5.41, 5.74) is 2.52. The summed E-state index contributed by atoms with van der Waals surface area (Å²) in [6.07, 6.45) is 3.62. The van der Waals surface area contributed by atoms with E-state index in [1.54, 1.807) is 11.3 Å². The highest BCUT2D eigenvalue weighted by molar-refractivity contribution is 7.17. The molecule has 0 spiro atoms. The van der Waals surface area contributed by atoms with Crippen molar-refractivity contribution in [2.75, 3.05) is 19.8 Å². The van der Waals surface area contributed by atoms with Gasteiger partial charge in [-0.3, -0.25) is 4.79 Å². The monoisotopic (exact) mass is 605 g/mol. The van der Waals surface area contributed by atoms with E-state index in [0.717, 1.165) is 44.9 Å². The molecule has 0 bridgehead atoms. The van der Waals surface area contributed by atoms with Gasteiger partial charge >= 0.3 is 11.9 Å². The van der Waals surface area contributed by atoms with E-state index in [4.69, 9.17) is 14.6 Å². The Labute approximate surface area is 255 Å². The quantitative estimate of drug-likeness (QED) is 0.108. The Morgan fingerprint density at radius 2 is 1.42 bits per heavy atom. The molecule has 0 saturated carbocycles. The maximum atomic E-state index is 13.0. The summed E-state index contributed by atoms with van der Waals surface area (Å²) in [7, 11) is 0. The van der Waals surface area contributed by atoms with Gasteiger partial charge < -0.3 is 25.0 Å². The van der Waals surface area contributed by atoms with Crippen LogP contribution in [-0.2, 0) is 36.7 Å². The zero-order valence-corrected chi connectivity index (χ0v) is 25.0. The summed E-state index contributed by atoms with van der Waals surface area (Å²) in [6.45, 7) is -0.322. The number of rotatable bonds is 19. The van der Waals surface area contributed by atoms with Crippen molar-refractivity contribution in [2.45, 2.75) is 63.6 Å². The zero-order valence-electron chi connectivity index (χ0n) is 24.2. The summed E-state index contributed by atoms with van der Waals surface area (Å²) in [4.78, 5) is 35.9. The number of carbonyl (C=O) groups is 3. The molecule has 0 aliphatic rings. The van der Waals surface area contributed by atoms with Crippen molar-refractivity contribution in [1.29, 1.82) is 0 Å². The van der Waals surface area contributed by atoms with Gasteiger partial charge in [-0.15, -0.1) is 11.3 Å². The number of hydrogen-bond acceptors (Lipinski definition) is 6. The van der Waals surface area contributed by atoms with Gasteiger partial charge in [0.25, 0.3) is 5.91 Å². The number of carbonyl (C=O) groups excluding carboxylic acids is 1. The van der Waals surface area contributed by atoms with Crippen LogP contribution in [0.5, 0.6) is 0 Å². The standard InChI is InChI=1S/C34H39NO7S/c36-30(37)23-42-32(34(39)40)31(41-19-8-2-4-10-25-14-16-29-28(22-25)17-20-43-29)33(38)35-18-7-1-3-9-24-13-15-26-11-5-6-12-27(26)21-24/h5-6,11-17,20-22,31-32H,1-4,7-10,18-19,23H2,(H,35,38)(H,36,37)(H,39,40). The molecule has 43 heavy (non-hydrogen) atoms. The van der Waals surface area contributed by atoms with Gasteiger partial charge in [0.05, 0.1) is 0 Å². The van der Waals surface area contributed by atoms with Crippen LogP contribution in [0.15, 0.2) is 72.1 Å². The van der Waals surface area contributed by atoms with Crippen LogP contribution in [0.3, 0.4) is 0 Å². The first-order chi connectivity index (χ1) is 20.9. The number of amides is 1. The van der Waals surface area contributed by atoms with Crippen LogP contribution in [0, 0.1) is 0 Å². The molecule has 1 heterocycles. The molecular formula is C34H39NO7S. The summed E-state index contributed by atoms with van der Waals surface area (Å²) in [6, 6.07) is 23.3. The highest BCUT2D eigenvalue weighted by Gasteiger charge is 2.36. The second-order valence-electron chi connectivity index (χ2n) is 10.6. The number of benzene rings is 3. The molecule has 9 heteroatoms. The fourth-order valence-electron chi connectivity index (χ4n) is 5.08. The second-order valence-corrected chi connectivity index (χ2v) is 11.6. The lowest BCUT2D eigenvalue weighted by molar-refractivity contribution is -0.172. The Balaban J connectivity index is 1.20. The molecule has 4 aromatic rings. The summed E-state index contributed by atoms with van der Waals surface area (Å²) in [5.74, 6) is -3.38. The predicted molar refractivity (Wildman–Crippen MR) is 169 cm³/mol. The SMILES string of the molecule is O=C(O)COC(C(=O)O)C(OCCCCCc1ccc2sccc2c1)C(=O)NCCCCCc1ccc2ccccc2c1. The average Bonchev–Trinajstić information content (AvgIpc) is 3.47. The highest BCUT2D eigenvalue weighted by Crippen LogP contribution is 2.23. The van der Waals surface area contributed by atoms with Crippen LogP contribution in [-0.4, -0.2) is 60.0 Å². The van der Waals surface area contributed by atoms with E-state index in [0.29, 0.717) is 13.0 Å². The molecule has 0 aliphatic carbocycles. The molecule has 4 rings (SSSR count). The lowest BCUT2D eigenvalue weighted by Crippen LogP contribution is -2.49. The minimum atomic E-state index is -1.72. The fourth-order valence-corrected chi connectivity index (χ4v) is 5.85. The first-order valence-corrected chi connectivity index (χ1v) is 15.7. The highest BCUT2D eigenvalue weighted by atomic mass is 32.1. The number of carboxylic acids is 2. The molecular weight excluding hydrogens is 566 g/mol. The minimum absolute atomic E-state index is 0.160. The van der Waals surface area contributed by atoms with Crippen molar-refractivity contribution < 1.29 is 34.1 Å². The Hall–Kier alpha value is -3.79. The first-order valence-electron chi connectivity index (χ1n) is 14.8. The third kappa shape index (κ3) is 10.2. The van der Waals surface area contributed by atoms with Gasteiger partial charge in [0.1, 0.15) is 6.61 Å². The van der Waals surface area contributed by atoms with E-state index in [9.17, 15) is 19.5 Å². The smallest absolute Gasteiger partial charge is 0.336 e. The number of ether oxygens (including phenoxy) is 2. The molecule has 3 N–H and O–H groups in total. The molecule has 1 aromatic heterocycles. The third-order valence-corrected chi connectivity index (χ3v) is 8.24. The van der Waals surface area contributed by atoms with Gasteiger partial charge in [-0.2, -0.15) is 0 Å². The normalized spacial score (nSPS) is 12.7. The van der Waals surface area contributed by atoms with E-state index in [1.807, 2.05) is 12.1 Å². The third-order valence-electron chi connectivity index (χ3n) is 7.34. The largest absolute Gasteiger partial charge is 0.480 e. The summed E-state index contributed by atoms with van der Waals surface area (Å²) in [5, 5.41) is 27.2. The van der Waals surface area contributed by atoms with E-state index >= 15 is 0 Å². The van der Waals surface area contributed by atoms with Crippen LogP contribution < -0.4 is 5.32 Å². The Morgan fingerprint density at radius 1 is 0.721 bits per heavy atom. The van der Waals surface area contributed by atoms with Crippen molar-refractivity contribution >= 4 is 50.0 Å². The molecule has 0 saturated heterocycles. The van der Waals surface area contributed by atoms with E-state index < -0.39 is 36.7 Å². The zero-order chi connectivity index (χ0) is 30.4. The van der Waals surface area contributed by atoms with Crippen LogP contribution in [0.25, 0.3) is 20.9 Å². The second kappa shape index (κ2) is 16.7. The number of hydrogen-bond donors (Lipinski definition) is 3. The van der Waals surface area contributed by atoms with E-state index in [-0.39, 0.29) is 6.61 Å². The fraction of sp³-hybridized carbons (Fsp3) is 0.382. The van der Waals surface area contributed by atoms with Gasteiger partial charge in [0.15, 0.2) is 12.2 Å². The molecule has 0 fully saturated rings. The predicted octanol–water partition coefficient (Wildman–Crippen LogP) is 6.24. The molecule has 3 aromatic carbocycles. The summed E-state index contributed by atoms with van der Waals surface area (Å²) >= 11 is 1.72. The van der Waals surface area contributed by atoms with Gasteiger partial charge in [-0.05, 0) is 83.3 Å². The van der Waals surface area contributed by atoms with Gasteiger partial charge in [0.2, 0.25) is 0 Å². The molecule has 8 nitrogen and oxygen atoms in total. The average molecular weight is 606 g/mol. The van der Waals surface area contributed by atoms with Crippen LogP contribution in [0.1, 0.15) is 49.7 Å². The number of thiophene rings is 1. The number of aryl methyl sites for hydroxylation is 2. The van der Waals surface area contributed by atoms with Crippen molar-refractivity contribution in [3.8, 4) is 0 Å². The maximum absolute atomic E-state index is 13.0. The Kier molecular flexibility index (Phi) is 12.5. The minimum Gasteiger partial charge on any atom is -0.480 e. The van der Waals surface area contributed by atoms with E-state index in [2.05, 4.69) is 65.3 Å². The molecule has 0 radical (unpaired) electrons. The van der Waals surface area contributed by atoms with Gasteiger partial charge in [-0.1, -0.05) is 67.4 Å². The first kappa shape index (κ1) is 32.1. The Bertz CT molecular complexity index is 1500. The number of unbranched alkanes of at least 4 members (excludes halogenated alkanes) is 4. The van der Waals surface area contributed by atoms with Gasteiger partial charge in [0, 0.05) is 17.9 Å². The van der Waals surface area contributed by atoms with Crippen molar-refractivity contribution in [3.63, 3.8) is 0 Å². The molecule has 2 atom stereocenters. The van der Waals surface area contributed by atoms with Crippen molar-refractivity contribution in [3.05, 3.63) is 83.2 Å². The Morgan fingerprint density at radius 3 is 2.16 bits per heavy atom. The number of carboxylic acid groups (broad SMARTS) is 2. The maximum Gasteiger partial charge on any atom is 0.336 e. The number of nitrogens with one attached hydrogen (secondary N) is 1. The number of fused-ring (bicyclic) bond motifs is 2. The molecule has 228 valence electrons.